The molecule has 0 aliphatic heterocycles. The molecule has 0 spiro atoms. The van der Waals surface area contributed by atoms with Crippen LogP contribution in [-0.4, -0.2) is 27.2 Å². The van der Waals surface area contributed by atoms with Crippen LogP contribution in [0, 0.1) is 13.8 Å². The van der Waals surface area contributed by atoms with Crippen LogP contribution in [0.15, 0.2) is 0 Å². The summed E-state index contributed by atoms with van der Waals surface area (Å²) in [5.41, 5.74) is 6.50. The highest BCUT2D eigenvalue weighted by atomic mass is 16.3. The summed E-state index contributed by atoms with van der Waals surface area (Å²) in [6.45, 7) is 8.00. The minimum atomic E-state index is -0.174. The maximum Gasteiger partial charge on any atom is 0.135 e. The van der Waals surface area contributed by atoms with E-state index in [-0.39, 0.29) is 12.1 Å². The number of hydrogen-bond acceptors (Lipinski definition) is 5. The van der Waals surface area contributed by atoms with Crippen molar-refractivity contribution in [3.05, 3.63) is 11.4 Å². The smallest absolute Gasteiger partial charge is 0.135 e. The summed E-state index contributed by atoms with van der Waals surface area (Å²) in [4.78, 5) is 8.48. The molecule has 0 aromatic carbocycles. The molecule has 5 nitrogen and oxygen atoms in total. The number of nitrogens with one attached hydrogen (secondary N) is 1. The normalized spacial score (nSPS) is 14.4. The average molecular weight is 238 g/mol. The van der Waals surface area contributed by atoms with Crippen molar-refractivity contribution < 1.29 is 5.11 Å². The molecule has 1 rings (SSSR count). The zero-order valence-corrected chi connectivity index (χ0v) is 11.0. The van der Waals surface area contributed by atoms with Gasteiger partial charge in [-0.1, -0.05) is 6.92 Å². The van der Waals surface area contributed by atoms with Crippen molar-refractivity contribution in [1.82, 2.24) is 9.97 Å². The Morgan fingerprint density at radius 3 is 2.53 bits per heavy atom. The number of anilines is 2. The highest BCUT2D eigenvalue weighted by molar-refractivity contribution is 5.55. The molecule has 1 heterocycles. The van der Waals surface area contributed by atoms with E-state index >= 15 is 0 Å². The molecule has 4 N–H and O–H groups in total. The van der Waals surface area contributed by atoms with E-state index < -0.39 is 0 Å². The van der Waals surface area contributed by atoms with Crippen LogP contribution in [-0.2, 0) is 0 Å². The van der Waals surface area contributed by atoms with E-state index in [1.807, 2.05) is 13.8 Å². The van der Waals surface area contributed by atoms with Gasteiger partial charge in [0.15, 0.2) is 0 Å². The number of aryl methyl sites for hydroxylation is 1. The Morgan fingerprint density at radius 1 is 1.35 bits per heavy atom. The summed E-state index contributed by atoms with van der Waals surface area (Å²) in [5.74, 6) is 1.91. The maximum atomic E-state index is 9.09. The van der Waals surface area contributed by atoms with Crippen molar-refractivity contribution in [3.8, 4) is 0 Å². The second-order valence-corrected chi connectivity index (χ2v) is 4.64. The molecule has 96 valence electrons. The fourth-order valence-electron chi connectivity index (χ4n) is 1.63. The molecular formula is C12H22N4O. The van der Waals surface area contributed by atoms with Crippen LogP contribution in [0.1, 0.15) is 38.1 Å². The van der Waals surface area contributed by atoms with Crippen molar-refractivity contribution >= 4 is 11.6 Å². The van der Waals surface area contributed by atoms with E-state index in [0.29, 0.717) is 18.1 Å². The number of nitrogens with zero attached hydrogens (tertiary/aromatic N) is 2. The van der Waals surface area contributed by atoms with Crippen LogP contribution < -0.4 is 11.1 Å². The Bertz CT molecular complexity index is 394. The fraction of sp³-hybridized carbons (Fsp3) is 0.667. The van der Waals surface area contributed by atoms with Crippen LogP contribution >= 0.6 is 0 Å². The molecule has 1 unspecified atom stereocenters. The third kappa shape index (κ3) is 3.30. The summed E-state index contributed by atoms with van der Waals surface area (Å²) < 4.78 is 0. The molecule has 1 aromatic heterocycles. The molecule has 0 fully saturated rings. The first kappa shape index (κ1) is 13.7. The number of aliphatic hydroxyl groups is 1. The second kappa shape index (κ2) is 5.31. The number of nitrogens with two attached hydrogens (primary N) is 1. The van der Waals surface area contributed by atoms with Gasteiger partial charge in [0, 0.05) is 17.7 Å². The molecule has 1 aromatic rings. The van der Waals surface area contributed by atoms with E-state index in [1.54, 1.807) is 0 Å². The lowest BCUT2D eigenvalue weighted by atomic mass is 9.94. The molecule has 0 radical (unpaired) electrons. The summed E-state index contributed by atoms with van der Waals surface area (Å²) in [7, 11) is 0. The predicted molar refractivity (Wildman–Crippen MR) is 69.9 cm³/mol. The Kier molecular flexibility index (Phi) is 4.28. The second-order valence-electron chi connectivity index (χ2n) is 4.64. The number of aromatic nitrogens is 2. The Labute approximate surface area is 102 Å². The molecule has 17 heavy (non-hydrogen) atoms. The van der Waals surface area contributed by atoms with E-state index in [4.69, 9.17) is 10.8 Å². The summed E-state index contributed by atoms with van der Waals surface area (Å²) in [5, 5.41) is 12.5. The van der Waals surface area contributed by atoms with Gasteiger partial charge < -0.3 is 16.2 Å². The lowest BCUT2D eigenvalue weighted by Gasteiger charge is -2.30. The van der Waals surface area contributed by atoms with Gasteiger partial charge >= 0.3 is 0 Å². The van der Waals surface area contributed by atoms with Gasteiger partial charge in [-0.15, -0.1) is 0 Å². The lowest BCUT2D eigenvalue weighted by Crippen LogP contribution is -2.36. The van der Waals surface area contributed by atoms with Gasteiger partial charge in [-0.2, -0.15) is 0 Å². The largest absolute Gasteiger partial charge is 0.396 e. The van der Waals surface area contributed by atoms with E-state index in [9.17, 15) is 0 Å². The Hall–Kier alpha value is -1.36. The summed E-state index contributed by atoms with van der Waals surface area (Å²) >= 11 is 0. The van der Waals surface area contributed by atoms with Gasteiger partial charge in [0.2, 0.25) is 0 Å². The van der Waals surface area contributed by atoms with Gasteiger partial charge in [-0.25, -0.2) is 9.97 Å². The average Bonchev–Trinajstić information content (AvgIpc) is 2.25. The molecule has 1 atom stereocenters. The van der Waals surface area contributed by atoms with Crippen LogP contribution in [0.2, 0.25) is 0 Å². The number of hydrogen-bond donors (Lipinski definition) is 3. The van der Waals surface area contributed by atoms with Crippen molar-refractivity contribution in [2.24, 2.45) is 0 Å². The maximum absolute atomic E-state index is 9.09. The van der Waals surface area contributed by atoms with Crippen molar-refractivity contribution in [2.75, 3.05) is 17.7 Å². The molecular weight excluding hydrogens is 216 g/mol. The number of nitrogen functional groups attached to an aromatic ring is 1. The van der Waals surface area contributed by atoms with Gasteiger partial charge in [-0.3, -0.25) is 0 Å². The first-order valence-electron chi connectivity index (χ1n) is 5.91. The molecule has 0 bridgehead atoms. The molecule has 0 saturated heterocycles. The zero-order chi connectivity index (χ0) is 13.1. The monoisotopic (exact) mass is 238 g/mol. The minimum absolute atomic E-state index is 0.149. The summed E-state index contributed by atoms with van der Waals surface area (Å²) in [6.07, 6.45) is 1.57. The van der Waals surface area contributed by atoms with Gasteiger partial charge in [0.25, 0.3) is 0 Å². The highest BCUT2D eigenvalue weighted by Gasteiger charge is 2.23. The van der Waals surface area contributed by atoms with Crippen LogP contribution in [0.5, 0.6) is 0 Å². The van der Waals surface area contributed by atoms with Crippen LogP contribution in [0.25, 0.3) is 0 Å². The molecule has 0 aliphatic rings. The first-order valence-corrected chi connectivity index (χ1v) is 5.91. The molecule has 5 heteroatoms. The van der Waals surface area contributed by atoms with Gasteiger partial charge in [-0.05, 0) is 33.6 Å². The van der Waals surface area contributed by atoms with E-state index in [1.165, 1.54) is 0 Å². The van der Waals surface area contributed by atoms with Gasteiger partial charge in [0.1, 0.15) is 17.5 Å². The third-order valence-corrected chi connectivity index (χ3v) is 3.16. The molecule has 0 amide bonds. The molecule has 0 aliphatic carbocycles. The van der Waals surface area contributed by atoms with Gasteiger partial charge in [0.05, 0.1) is 0 Å². The topological polar surface area (TPSA) is 84.1 Å². The molecule has 0 saturated carbocycles. The van der Waals surface area contributed by atoms with Crippen molar-refractivity contribution in [3.63, 3.8) is 0 Å². The van der Waals surface area contributed by atoms with Crippen LogP contribution in [0.3, 0.4) is 0 Å². The Balaban J connectivity index is 3.01. The first-order chi connectivity index (χ1) is 7.91. The third-order valence-electron chi connectivity index (χ3n) is 3.16. The summed E-state index contributed by atoms with van der Waals surface area (Å²) in [6, 6.07) is 0. The van der Waals surface area contributed by atoms with Crippen LogP contribution in [0.4, 0.5) is 11.6 Å². The lowest BCUT2D eigenvalue weighted by molar-refractivity contribution is 0.251. The number of aliphatic hydroxyl groups excluding tert-OH is 1. The quantitative estimate of drug-likeness (QED) is 0.726. The van der Waals surface area contributed by atoms with Crippen molar-refractivity contribution in [1.29, 1.82) is 0 Å². The zero-order valence-electron chi connectivity index (χ0n) is 11.0. The standard InChI is InChI=1S/C12H22N4O/c1-5-12(4,6-7-17)16-11-8(2)10(13)14-9(3)15-11/h17H,5-7H2,1-4H3,(H3,13,14,15,16). The number of rotatable bonds is 5. The van der Waals surface area contributed by atoms with E-state index in [0.717, 1.165) is 17.8 Å². The van der Waals surface area contributed by atoms with Crippen molar-refractivity contribution in [2.45, 2.75) is 46.1 Å². The SMILES string of the molecule is CCC(C)(CCO)Nc1nc(C)nc(N)c1C. The minimum Gasteiger partial charge on any atom is -0.396 e. The predicted octanol–water partition coefficient (Wildman–Crippen LogP) is 1.64. The highest BCUT2D eigenvalue weighted by Crippen LogP contribution is 2.24. The van der Waals surface area contributed by atoms with E-state index in [2.05, 4.69) is 29.1 Å². The fourth-order valence-corrected chi connectivity index (χ4v) is 1.63. The Morgan fingerprint density at radius 2 is 2.00 bits per heavy atom.